The normalized spacial score (nSPS) is 12.3. The first-order chi connectivity index (χ1) is 10.2. The van der Waals surface area contributed by atoms with Crippen LogP contribution in [0.25, 0.3) is 0 Å². The topological polar surface area (TPSA) is 24.9 Å². The summed E-state index contributed by atoms with van der Waals surface area (Å²) in [7, 11) is 0. The third kappa shape index (κ3) is 4.65. The van der Waals surface area contributed by atoms with Crippen molar-refractivity contribution in [1.29, 1.82) is 0 Å². The van der Waals surface area contributed by atoms with Gasteiger partial charge in [-0.05, 0) is 42.6 Å². The summed E-state index contributed by atoms with van der Waals surface area (Å²) < 4.78 is 1.16. The molecule has 0 aliphatic heterocycles. The van der Waals surface area contributed by atoms with E-state index in [4.69, 9.17) is 0 Å². The first-order valence-electron chi connectivity index (χ1n) is 7.66. The van der Waals surface area contributed by atoms with Crippen LogP contribution < -0.4 is 5.32 Å². The number of hydrogen-bond donors (Lipinski definition) is 1. The molecule has 2 nitrogen and oxygen atoms in total. The molecule has 1 N–H and O–H groups in total. The predicted molar refractivity (Wildman–Crippen MR) is 92.5 cm³/mol. The zero-order valence-electron chi connectivity index (χ0n) is 12.8. The molecule has 1 heterocycles. The number of rotatable bonds is 7. The van der Waals surface area contributed by atoms with Crippen LogP contribution in [0, 0.1) is 0 Å². The quantitative estimate of drug-likeness (QED) is 0.786. The maximum atomic E-state index is 4.60. The monoisotopic (exact) mass is 346 g/mol. The largest absolute Gasteiger partial charge is 0.310 e. The molecule has 0 aliphatic carbocycles. The Morgan fingerprint density at radius 3 is 2.57 bits per heavy atom. The highest BCUT2D eigenvalue weighted by atomic mass is 79.9. The smallest absolute Gasteiger partial charge is 0.0422 e. The van der Waals surface area contributed by atoms with Crippen molar-refractivity contribution in [2.45, 2.75) is 39.2 Å². The molecule has 0 amide bonds. The van der Waals surface area contributed by atoms with Crippen molar-refractivity contribution in [3.8, 4) is 0 Å². The summed E-state index contributed by atoms with van der Waals surface area (Å²) in [5, 5.41) is 3.63. The number of halogens is 1. The van der Waals surface area contributed by atoms with Crippen LogP contribution in [-0.4, -0.2) is 11.5 Å². The highest BCUT2D eigenvalue weighted by Gasteiger charge is 2.14. The third-order valence-electron chi connectivity index (χ3n) is 3.63. The van der Waals surface area contributed by atoms with Crippen molar-refractivity contribution in [1.82, 2.24) is 10.3 Å². The predicted octanol–water partition coefficient (Wildman–Crippen LogP) is 4.69. The minimum absolute atomic E-state index is 0.292. The van der Waals surface area contributed by atoms with Gasteiger partial charge >= 0.3 is 0 Å². The number of hydrogen-bond acceptors (Lipinski definition) is 2. The van der Waals surface area contributed by atoms with Crippen LogP contribution >= 0.6 is 15.9 Å². The number of nitrogens with zero attached hydrogens (tertiary/aromatic N) is 1. The number of aromatic nitrogens is 1. The maximum absolute atomic E-state index is 4.60. The van der Waals surface area contributed by atoms with Crippen molar-refractivity contribution in [2.24, 2.45) is 0 Å². The van der Waals surface area contributed by atoms with Gasteiger partial charge in [-0.1, -0.05) is 54.0 Å². The second-order valence-corrected chi connectivity index (χ2v) is 6.10. The van der Waals surface area contributed by atoms with E-state index in [-0.39, 0.29) is 0 Å². The maximum Gasteiger partial charge on any atom is 0.0422 e. The molecule has 0 saturated heterocycles. The lowest BCUT2D eigenvalue weighted by Crippen LogP contribution is -2.24. The van der Waals surface area contributed by atoms with Crippen molar-refractivity contribution < 1.29 is 0 Å². The van der Waals surface area contributed by atoms with Gasteiger partial charge in [-0.15, -0.1) is 0 Å². The molecule has 1 aromatic heterocycles. The molecule has 112 valence electrons. The van der Waals surface area contributed by atoms with Gasteiger partial charge in [-0.25, -0.2) is 0 Å². The van der Waals surface area contributed by atoms with Crippen molar-refractivity contribution in [3.63, 3.8) is 0 Å². The van der Waals surface area contributed by atoms with Gasteiger partial charge in [0.2, 0.25) is 0 Å². The molecule has 1 aromatic carbocycles. The molecule has 0 aliphatic rings. The Bertz CT molecular complexity index is 551. The molecule has 0 spiro atoms. The summed E-state index contributed by atoms with van der Waals surface area (Å²) in [5.41, 5.74) is 3.72. The molecule has 2 aromatic rings. The Hall–Kier alpha value is -1.19. The average molecular weight is 347 g/mol. The van der Waals surface area contributed by atoms with E-state index in [1.807, 2.05) is 6.20 Å². The zero-order valence-corrected chi connectivity index (χ0v) is 14.4. The fraction of sp³-hybridized carbons (Fsp3) is 0.389. The van der Waals surface area contributed by atoms with E-state index in [1.54, 1.807) is 0 Å². The SMILES string of the molecule is CCCNC(Cc1ccc(CC)cn1)c1ccccc1Br. The van der Waals surface area contributed by atoms with E-state index in [9.17, 15) is 0 Å². The minimum Gasteiger partial charge on any atom is -0.310 e. The standard InChI is InChI=1S/C18H23BrN2/c1-3-11-20-18(16-7-5-6-8-17(16)19)12-15-10-9-14(4-2)13-21-15/h5-10,13,18,20H,3-4,11-12H2,1-2H3. The van der Waals surface area contributed by atoms with Crippen LogP contribution in [0.4, 0.5) is 0 Å². The highest BCUT2D eigenvalue weighted by Crippen LogP contribution is 2.25. The van der Waals surface area contributed by atoms with Crippen LogP contribution in [-0.2, 0) is 12.8 Å². The number of benzene rings is 1. The average Bonchev–Trinajstić information content (AvgIpc) is 2.53. The zero-order chi connectivity index (χ0) is 15.1. The lowest BCUT2D eigenvalue weighted by Gasteiger charge is -2.20. The summed E-state index contributed by atoms with van der Waals surface area (Å²) in [6, 6.07) is 13.0. The Kier molecular flexibility index (Phi) is 6.40. The highest BCUT2D eigenvalue weighted by molar-refractivity contribution is 9.10. The van der Waals surface area contributed by atoms with Crippen LogP contribution in [0.2, 0.25) is 0 Å². The Morgan fingerprint density at radius 2 is 1.95 bits per heavy atom. The summed E-state index contributed by atoms with van der Waals surface area (Å²) in [5.74, 6) is 0. The molecule has 21 heavy (non-hydrogen) atoms. The second kappa shape index (κ2) is 8.30. The molecule has 2 rings (SSSR count). The number of aryl methyl sites for hydroxylation is 1. The Morgan fingerprint density at radius 1 is 1.14 bits per heavy atom. The minimum atomic E-state index is 0.292. The van der Waals surface area contributed by atoms with E-state index < -0.39 is 0 Å². The summed E-state index contributed by atoms with van der Waals surface area (Å²) in [6.45, 7) is 5.36. The third-order valence-corrected chi connectivity index (χ3v) is 4.35. The number of nitrogens with one attached hydrogen (secondary N) is 1. The van der Waals surface area contributed by atoms with Crippen LogP contribution in [0.15, 0.2) is 47.1 Å². The molecular weight excluding hydrogens is 324 g/mol. The van der Waals surface area contributed by atoms with Crippen LogP contribution in [0.1, 0.15) is 43.1 Å². The Labute approximate surface area is 136 Å². The van der Waals surface area contributed by atoms with E-state index in [0.717, 1.165) is 36.0 Å². The van der Waals surface area contributed by atoms with Gasteiger partial charge in [0.1, 0.15) is 0 Å². The lowest BCUT2D eigenvalue weighted by molar-refractivity contribution is 0.522. The van der Waals surface area contributed by atoms with Gasteiger partial charge in [-0.2, -0.15) is 0 Å². The van der Waals surface area contributed by atoms with Crippen LogP contribution in [0.3, 0.4) is 0 Å². The molecule has 0 saturated carbocycles. The fourth-order valence-corrected chi connectivity index (χ4v) is 2.92. The molecule has 0 fully saturated rings. The van der Waals surface area contributed by atoms with Gasteiger partial charge in [0.05, 0.1) is 0 Å². The summed E-state index contributed by atoms with van der Waals surface area (Å²) in [4.78, 5) is 4.60. The van der Waals surface area contributed by atoms with Crippen molar-refractivity contribution >= 4 is 15.9 Å². The molecule has 1 unspecified atom stereocenters. The van der Waals surface area contributed by atoms with E-state index in [1.165, 1.54) is 11.1 Å². The fourth-order valence-electron chi connectivity index (χ4n) is 2.36. The number of pyridine rings is 1. The van der Waals surface area contributed by atoms with Gasteiger partial charge in [-0.3, -0.25) is 4.98 Å². The van der Waals surface area contributed by atoms with E-state index in [2.05, 4.69) is 76.5 Å². The van der Waals surface area contributed by atoms with E-state index in [0.29, 0.717) is 6.04 Å². The summed E-state index contributed by atoms with van der Waals surface area (Å²) >= 11 is 3.66. The van der Waals surface area contributed by atoms with E-state index >= 15 is 0 Å². The summed E-state index contributed by atoms with van der Waals surface area (Å²) in [6.07, 6.45) is 5.07. The van der Waals surface area contributed by atoms with Gasteiger partial charge in [0.15, 0.2) is 0 Å². The second-order valence-electron chi connectivity index (χ2n) is 5.24. The lowest BCUT2D eigenvalue weighted by atomic mass is 10.0. The van der Waals surface area contributed by atoms with Crippen molar-refractivity contribution in [2.75, 3.05) is 6.54 Å². The van der Waals surface area contributed by atoms with Gasteiger partial charge in [0, 0.05) is 28.8 Å². The van der Waals surface area contributed by atoms with Crippen LogP contribution in [0.5, 0.6) is 0 Å². The first kappa shape index (κ1) is 16.2. The molecular formula is C18H23BrN2. The first-order valence-corrected chi connectivity index (χ1v) is 8.45. The van der Waals surface area contributed by atoms with Gasteiger partial charge < -0.3 is 5.32 Å². The molecule has 0 radical (unpaired) electrons. The Balaban J connectivity index is 2.17. The van der Waals surface area contributed by atoms with Crippen molar-refractivity contribution in [3.05, 3.63) is 63.9 Å². The molecule has 1 atom stereocenters. The van der Waals surface area contributed by atoms with Gasteiger partial charge in [0.25, 0.3) is 0 Å². The molecule has 3 heteroatoms. The molecule has 0 bridgehead atoms.